The lowest BCUT2D eigenvalue weighted by molar-refractivity contribution is 0.0608. The predicted molar refractivity (Wildman–Crippen MR) is 104 cm³/mol. The van der Waals surface area contributed by atoms with Gasteiger partial charge in [0.15, 0.2) is 0 Å². The summed E-state index contributed by atoms with van der Waals surface area (Å²) in [6.07, 6.45) is -2.24. The van der Waals surface area contributed by atoms with Gasteiger partial charge in [0.25, 0.3) is 12.3 Å². The normalized spacial score (nSPS) is 15.9. The van der Waals surface area contributed by atoms with E-state index in [0.29, 0.717) is 46.5 Å². The molecule has 0 aliphatic carbocycles. The van der Waals surface area contributed by atoms with E-state index in [2.05, 4.69) is 25.6 Å². The van der Waals surface area contributed by atoms with Crippen LogP contribution in [0.15, 0.2) is 24.3 Å². The number of hydrogen-bond donors (Lipinski definition) is 3. The molecular weight excluding hydrogens is 383 g/mol. The van der Waals surface area contributed by atoms with Gasteiger partial charge < -0.3 is 15.6 Å². The zero-order chi connectivity index (χ0) is 20.8. The Hall–Kier alpha value is -3.10. The van der Waals surface area contributed by atoms with E-state index in [9.17, 15) is 18.0 Å². The minimum atomic E-state index is -2.92. The number of anilines is 1. The molecule has 0 spiro atoms. The highest BCUT2D eigenvalue weighted by atomic mass is 19.3. The molecule has 1 aromatic carbocycles. The van der Waals surface area contributed by atoms with E-state index in [4.69, 9.17) is 0 Å². The van der Waals surface area contributed by atoms with Crippen molar-refractivity contribution in [3.63, 3.8) is 0 Å². The number of aryl methyl sites for hydroxylation is 1. The van der Waals surface area contributed by atoms with Gasteiger partial charge in [0, 0.05) is 29.9 Å². The van der Waals surface area contributed by atoms with Crippen LogP contribution < -0.4 is 10.6 Å². The zero-order valence-corrected chi connectivity index (χ0v) is 15.9. The van der Waals surface area contributed by atoms with Gasteiger partial charge in [-0.15, -0.1) is 0 Å². The van der Waals surface area contributed by atoms with Crippen molar-refractivity contribution in [3.05, 3.63) is 41.2 Å². The Morgan fingerprint density at radius 3 is 2.76 bits per heavy atom. The third-order valence-corrected chi connectivity index (χ3v) is 5.13. The van der Waals surface area contributed by atoms with Crippen LogP contribution in [0.2, 0.25) is 0 Å². The molecule has 3 heterocycles. The summed E-state index contributed by atoms with van der Waals surface area (Å²) in [5, 5.41) is 5.32. The first-order valence-corrected chi connectivity index (χ1v) is 9.22. The standard InChI is InChI=1S/C20H20F3N5O/c1-10-17(28-20(2,9-21)19(22)23)27-16-11(4-3-5-14(16)25-10)15-8-12-13(26-15)6-7-24-18(12)29/h3-5,8,19,26H,6-7,9H2,1-2H3,(H,24,29)(H,27,28). The highest BCUT2D eigenvalue weighted by molar-refractivity contribution is 5.99. The zero-order valence-electron chi connectivity index (χ0n) is 15.9. The molecule has 1 unspecified atom stereocenters. The summed E-state index contributed by atoms with van der Waals surface area (Å²) in [6, 6.07) is 7.13. The highest BCUT2D eigenvalue weighted by Gasteiger charge is 2.36. The molecule has 0 bridgehead atoms. The number of benzene rings is 1. The van der Waals surface area contributed by atoms with Crippen LogP contribution in [0.4, 0.5) is 19.0 Å². The second-order valence-electron chi connectivity index (χ2n) is 7.39. The molecule has 6 nitrogen and oxygen atoms in total. The number of carbonyl (C=O) groups is 1. The van der Waals surface area contributed by atoms with Crippen molar-refractivity contribution in [1.29, 1.82) is 0 Å². The van der Waals surface area contributed by atoms with Crippen molar-refractivity contribution in [2.75, 3.05) is 18.5 Å². The highest BCUT2D eigenvalue weighted by Crippen LogP contribution is 2.31. The number of H-pyrrole nitrogens is 1. The second kappa shape index (κ2) is 7.06. The van der Waals surface area contributed by atoms with E-state index in [1.807, 2.05) is 12.1 Å². The number of halogens is 3. The third kappa shape index (κ3) is 3.30. The Balaban J connectivity index is 1.83. The molecule has 1 amide bonds. The van der Waals surface area contributed by atoms with Crippen molar-refractivity contribution in [3.8, 4) is 11.3 Å². The van der Waals surface area contributed by atoms with Crippen molar-refractivity contribution >= 4 is 22.8 Å². The first-order valence-electron chi connectivity index (χ1n) is 9.22. The number of alkyl halides is 3. The number of para-hydroxylation sites is 1. The van der Waals surface area contributed by atoms with Gasteiger partial charge in [0.1, 0.15) is 23.5 Å². The van der Waals surface area contributed by atoms with E-state index in [1.54, 1.807) is 19.1 Å². The molecule has 1 atom stereocenters. The molecule has 0 fully saturated rings. The first-order chi connectivity index (χ1) is 13.8. The summed E-state index contributed by atoms with van der Waals surface area (Å²) in [4.78, 5) is 24.3. The maximum absolute atomic E-state index is 13.3. The fourth-order valence-electron chi connectivity index (χ4n) is 3.36. The van der Waals surface area contributed by atoms with Crippen molar-refractivity contribution < 1.29 is 18.0 Å². The molecule has 0 saturated carbocycles. The lowest BCUT2D eigenvalue weighted by Gasteiger charge is -2.28. The molecule has 9 heteroatoms. The average Bonchev–Trinajstić information content (AvgIpc) is 3.13. The lowest BCUT2D eigenvalue weighted by atomic mass is 10.1. The number of amides is 1. The fourth-order valence-corrected chi connectivity index (χ4v) is 3.36. The van der Waals surface area contributed by atoms with E-state index in [1.165, 1.54) is 0 Å². The topological polar surface area (TPSA) is 82.7 Å². The molecule has 4 rings (SSSR count). The van der Waals surface area contributed by atoms with Crippen LogP contribution >= 0.6 is 0 Å². The minimum absolute atomic E-state index is 0.0967. The number of hydrogen-bond acceptors (Lipinski definition) is 4. The van der Waals surface area contributed by atoms with Crippen molar-refractivity contribution in [2.45, 2.75) is 32.2 Å². The van der Waals surface area contributed by atoms with Gasteiger partial charge in [-0.1, -0.05) is 12.1 Å². The summed E-state index contributed by atoms with van der Waals surface area (Å²) >= 11 is 0. The molecule has 152 valence electrons. The summed E-state index contributed by atoms with van der Waals surface area (Å²) in [7, 11) is 0. The Bertz CT molecular complexity index is 1100. The fraction of sp³-hybridized carbons (Fsp3) is 0.350. The van der Waals surface area contributed by atoms with Gasteiger partial charge in [-0.2, -0.15) is 0 Å². The van der Waals surface area contributed by atoms with E-state index >= 15 is 0 Å². The number of rotatable bonds is 5. The summed E-state index contributed by atoms with van der Waals surface area (Å²) in [5.41, 5.74) is 2.14. The number of nitrogens with zero attached hydrogens (tertiary/aromatic N) is 2. The quantitative estimate of drug-likeness (QED) is 0.608. The van der Waals surface area contributed by atoms with Crippen LogP contribution in [0.1, 0.15) is 28.7 Å². The van der Waals surface area contributed by atoms with E-state index in [0.717, 1.165) is 12.6 Å². The maximum atomic E-state index is 13.3. The molecule has 0 radical (unpaired) electrons. The van der Waals surface area contributed by atoms with Gasteiger partial charge in [-0.3, -0.25) is 4.79 Å². The molecule has 2 aromatic heterocycles. The van der Waals surface area contributed by atoms with Gasteiger partial charge >= 0.3 is 0 Å². The number of carbonyl (C=O) groups excluding carboxylic acids is 1. The van der Waals surface area contributed by atoms with E-state index < -0.39 is 18.6 Å². The first kappa shape index (κ1) is 19.2. The monoisotopic (exact) mass is 403 g/mol. The predicted octanol–water partition coefficient (Wildman–Crippen LogP) is 3.62. The van der Waals surface area contributed by atoms with Crippen LogP contribution in [-0.2, 0) is 6.42 Å². The van der Waals surface area contributed by atoms with Crippen molar-refractivity contribution in [1.82, 2.24) is 20.3 Å². The van der Waals surface area contributed by atoms with Gasteiger partial charge in [0.05, 0.1) is 16.8 Å². The van der Waals surface area contributed by atoms with Crippen LogP contribution in [0.25, 0.3) is 22.3 Å². The Morgan fingerprint density at radius 1 is 1.28 bits per heavy atom. The SMILES string of the molecule is Cc1nc2cccc(-c3cc4c([nH]3)CCNC4=O)c2nc1NC(C)(CF)C(F)F. The average molecular weight is 403 g/mol. The van der Waals surface area contributed by atoms with Gasteiger partial charge in [-0.05, 0) is 26.0 Å². The molecule has 3 aromatic rings. The van der Waals surface area contributed by atoms with Crippen LogP contribution in [0.3, 0.4) is 0 Å². The number of aromatic amines is 1. The minimum Gasteiger partial charge on any atom is -0.358 e. The Kier molecular flexibility index (Phi) is 4.68. The van der Waals surface area contributed by atoms with Crippen LogP contribution in [0.5, 0.6) is 0 Å². The van der Waals surface area contributed by atoms with E-state index in [-0.39, 0.29) is 11.7 Å². The summed E-state index contributed by atoms with van der Waals surface area (Å²) in [5.74, 6) is -0.0478. The molecular formula is C20H20F3N5O. The van der Waals surface area contributed by atoms with Crippen LogP contribution in [-0.4, -0.2) is 46.0 Å². The Morgan fingerprint density at radius 2 is 2.07 bits per heavy atom. The van der Waals surface area contributed by atoms with Crippen molar-refractivity contribution in [2.24, 2.45) is 0 Å². The summed E-state index contributed by atoms with van der Waals surface area (Å²) in [6.45, 7) is 2.03. The Labute approximate surface area is 164 Å². The largest absolute Gasteiger partial charge is 0.358 e. The number of nitrogens with one attached hydrogen (secondary N) is 3. The van der Waals surface area contributed by atoms with Gasteiger partial charge in [-0.25, -0.2) is 23.1 Å². The second-order valence-corrected chi connectivity index (χ2v) is 7.39. The molecule has 3 N–H and O–H groups in total. The third-order valence-electron chi connectivity index (χ3n) is 5.13. The van der Waals surface area contributed by atoms with Gasteiger partial charge in [0.2, 0.25) is 0 Å². The molecule has 29 heavy (non-hydrogen) atoms. The smallest absolute Gasteiger partial charge is 0.263 e. The molecule has 0 saturated heterocycles. The van der Waals surface area contributed by atoms with Crippen LogP contribution in [0, 0.1) is 6.92 Å². The lowest BCUT2D eigenvalue weighted by Crippen LogP contribution is -2.45. The number of fused-ring (bicyclic) bond motifs is 2. The summed E-state index contributed by atoms with van der Waals surface area (Å²) < 4.78 is 40.0. The maximum Gasteiger partial charge on any atom is 0.263 e. The molecule has 1 aliphatic rings. The number of aromatic nitrogens is 3. The molecule has 1 aliphatic heterocycles.